The van der Waals surface area contributed by atoms with Gasteiger partial charge in [0, 0.05) is 13.1 Å². The van der Waals surface area contributed by atoms with Crippen molar-refractivity contribution in [3.8, 4) is 0 Å². The second kappa shape index (κ2) is 5.80. The van der Waals surface area contributed by atoms with Crippen LogP contribution in [-0.4, -0.2) is 31.7 Å². The Bertz CT molecular complexity index is 361. The molecular formula is C13H18N2O2. The first-order valence-electron chi connectivity index (χ1n) is 5.95. The Morgan fingerprint density at radius 1 is 1.47 bits per heavy atom. The quantitative estimate of drug-likeness (QED) is 0.815. The molecule has 2 unspecified atom stereocenters. The van der Waals surface area contributed by atoms with Crippen LogP contribution in [0.1, 0.15) is 18.5 Å². The zero-order valence-corrected chi connectivity index (χ0v) is 9.98. The summed E-state index contributed by atoms with van der Waals surface area (Å²) in [7, 11) is 0. The fourth-order valence-corrected chi connectivity index (χ4v) is 1.87. The van der Waals surface area contributed by atoms with E-state index in [2.05, 4.69) is 10.6 Å². The van der Waals surface area contributed by atoms with Crippen LogP contribution in [0.5, 0.6) is 0 Å². The predicted molar refractivity (Wildman–Crippen MR) is 65.6 cm³/mol. The highest BCUT2D eigenvalue weighted by Crippen LogP contribution is 2.11. The lowest BCUT2D eigenvalue weighted by Crippen LogP contribution is -2.48. The number of carbonyl (C=O) groups excluding carboxylic acids is 1. The molecule has 4 heteroatoms. The van der Waals surface area contributed by atoms with Crippen LogP contribution in [-0.2, 0) is 9.53 Å². The Balaban J connectivity index is 1.89. The van der Waals surface area contributed by atoms with Gasteiger partial charge in [0.1, 0.15) is 6.10 Å². The molecule has 1 aliphatic heterocycles. The van der Waals surface area contributed by atoms with Crippen molar-refractivity contribution in [2.75, 3.05) is 19.7 Å². The minimum atomic E-state index is -0.366. The lowest BCUT2D eigenvalue weighted by atomic mass is 10.1. The number of ether oxygens (including phenoxy) is 1. The SMILES string of the molecule is CC(NC(=O)C1CNCCO1)c1ccccc1. The molecule has 1 aromatic carbocycles. The smallest absolute Gasteiger partial charge is 0.250 e. The Morgan fingerprint density at radius 3 is 2.88 bits per heavy atom. The number of amides is 1. The number of hydrogen-bond donors (Lipinski definition) is 2. The third-order valence-electron chi connectivity index (χ3n) is 2.88. The van der Waals surface area contributed by atoms with Crippen molar-refractivity contribution in [3.63, 3.8) is 0 Å². The lowest BCUT2D eigenvalue weighted by molar-refractivity contribution is -0.134. The molecule has 0 saturated carbocycles. The molecule has 92 valence electrons. The molecule has 0 bridgehead atoms. The molecule has 1 saturated heterocycles. The number of morpholine rings is 1. The van der Waals surface area contributed by atoms with Crippen molar-refractivity contribution in [3.05, 3.63) is 35.9 Å². The molecule has 0 aliphatic carbocycles. The molecule has 2 N–H and O–H groups in total. The average Bonchev–Trinajstić information content (AvgIpc) is 2.40. The standard InChI is InChI=1S/C13H18N2O2/c1-10(11-5-3-2-4-6-11)15-13(16)12-9-14-7-8-17-12/h2-6,10,12,14H,7-9H2,1H3,(H,15,16). The number of nitrogens with one attached hydrogen (secondary N) is 2. The summed E-state index contributed by atoms with van der Waals surface area (Å²) in [5.74, 6) is -0.0476. The van der Waals surface area contributed by atoms with Crippen LogP contribution in [0.15, 0.2) is 30.3 Å². The second-order valence-corrected chi connectivity index (χ2v) is 4.20. The van der Waals surface area contributed by atoms with Crippen molar-refractivity contribution >= 4 is 5.91 Å². The molecule has 1 fully saturated rings. The number of rotatable bonds is 3. The first-order valence-corrected chi connectivity index (χ1v) is 5.95. The number of benzene rings is 1. The highest BCUT2D eigenvalue weighted by Gasteiger charge is 2.22. The van der Waals surface area contributed by atoms with E-state index in [4.69, 9.17) is 4.74 Å². The monoisotopic (exact) mass is 234 g/mol. The maximum atomic E-state index is 11.9. The van der Waals surface area contributed by atoms with Crippen molar-refractivity contribution in [1.29, 1.82) is 0 Å². The topological polar surface area (TPSA) is 50.4 Å². The normalized spacial score (nSPS) is 21.8. The maximum Gasteiger partial charge on any atom is 0.250 e. The summed E-state index contributed by atoms with van der Waals surface area (Å²) in [6, 6.07) is 9.92. The zero-order valence-electron chi connectivity index (χ0n) is 9.98. The molecule has 2 atom stereocenters. The van der Waals surface area contributed by atoms with Crippen molar-refractivity contribution in [2.45, 2.75) is 19.1 Å². The third kappa shape index (κ3) is 3.28. The van der Waals surface area contributed by atoms with Gasteiger partial charge in [0.25, 0.3) is 5.91 Å². The second-order valence-electron chi connectivity index (χ2n) is 4.20. The van der Waals surface area contributed by atoms with E-state index >= 15 is 0 Å². The zero-order chi connectivity index (χ0) is 12.1. The van der Waals surface area contributed by atoms with E-state index in [1.807, 2.05) is 37.3 Å². The van der Waals surface area contributed by atoms with Gasteiger partial charge in [0.15, 0.2) is 0 Å². The molecule has 17 heavy (non-hydrogen) atoms. The minimum Gasteiger partial charge on any atom is -0.366 e. The number of carbonyl (C=O) groups is 1. The van der Waals surface area contributed by atoms with Crippen LogP contribution in [0.25, 0.3) is 0 Å². The summed E-state index contributed by atoms with van der Waals surface area (Å²) in [6.45, 7) is 3.98. The van der Waals surface area contributed by atoms with Crippen LogP contribution in [0, 0.1) is 0 Å². The summed E-state index contributed by atoms with van der Waals surface area (Å²) in [4.78, 5) is 11.9. The van der Waals surface area contributed by atoms with Crippen molar-refractivity contribution in [2.24, 2.45) is 0 Å². The van der Waals surface area contributed by atoms with Crippen LogP contribution >= 0.6 is 0 Å². The largest absolute Gasteiger partial charge is 0.366 e. The van der Waals surface area contributed by atoms with Crippen LogP contribution in [0.4, 0.5) is 0 Å². The average molecular weight is 234 g/mol. The summed E-state index contributed by atoms with van der Waals surface area (Å²) < 4.78 is 5.40. The van der Waals surface area contributed by atoms with Crippen LogP contribution in [0.3, 0.4) is 0 Å². The van der Waals surface area contributed by atoms with Gasteiger partial charge in [0.2, 0.25) is 0 Å². The van der Waals surface area contributed by atoms with E-state index in [-0.39, 0.29) is 18.1 Å². The number of hydrogen-bond acceptors (Lipinski definition) is 3. The van der Waals surface area contributed by atoms with E-state index in [0.717, 1.165) is 12.1 Å². The van der Waals surface area contributed by atoms with Crippen LogP contribution in [0.2, 0.25) is 0 Å². The lowest BCUT2D eigenvalue weighted by Gasteiger charge is -2.24. The van der Waals surface area contributed by atoms with Gasteiger partial charge in [-0.15, -0.1) is 0 Å². The summed E-state index contributed by atoms with van der Waals surface area (Å²) in [5.41, 5.74) is 1.10. The molecule has 2 rings (SSSR count). The van der Waals surface area contributed by atoms with Gasteiger partial charge < -0.3 is 15.4 Å². The Kier molecular flexibility index (Phi) is 4.12. The van der Waals surface area contributed by atoms with E-state index in [9.17, 15) is 4.79 Å². The molecule has 0 aromatic heterocycles. The molecule has 4 nitrogen and oxygen atoms in total. The molecule has 1 heterocycles. The van der Waals surface area contributed by atoms with Gasteiger partial charge in [-0.3, -0.25) is 4.79 Å². The van der Waals surface area contributed by atoms with Gasteiger partial charge in [-0.1, -0.05) is 30.3 Å². The predicted octanol–water partition coefficient (Wildman–Crippen LogP) is 0.852. The summed E-state index contributed by atoms with van der Waals surface area (Å²) in [5, 5.41) is 6.10. The molecule has 0 spiro atoms. The molecule has 1 aliphatic rings. The molecular weight excluding hydrogens is 216 g/mol. The van der Waals surface area contributed by atoms with Gasteiger partial charge >= 0.3 is 0 Å². The fraction of sp³-hybridized carbons (Fsp3) is 0.462. The maximum absolute atomic E-state index is 11.9. The van der Waals surface area contributed by atoms with Crippen molar-refractivity contribution in [1.82, 2.24) is 10.6 Å². The highest BCUT2D eigenvalue weighted by molar-refractivity contribution is 5.81. The Morgan fingerprint density at radius 2 is 2.24 bits per heavy atom. The first kappa shape index (κ1) is 12.1. The Hall–Kier alpha value is -1.39. The summed E-state index contributed by atoms with van der Waals surface area (Å²) >= 11 is 0. The van der Waals surface area contributed by atoms with Gasteiger partial charge in [-0.2, -0.15) is 0 Å². The minimum absolute atomic E-state index is 0.00854. The van der Waals surface area contributed by atoms with E-state index in [1.165, 1.54) is 0 Å². The van der Waals surface area contributed by atoms with E-state index < -0.39 is 0 Å². The van der Waals surface area contributed by atoms with Gasteiger partial charge in [-0.25, -0.2) is 0 Å². The van der Waals surface area contributed by atoms with Crippen molar-refractivity contribution < 1.29 is 9.53 Å². The third-order valence-corrected chi connectivity index (χ3v) is 2.88. The highest BCUT2D eigenvalue weighted by atomic mass is 16.5. The Labute approximate surface area is 101 Å². The molecule has 1 amide bonds. The molecule has 1 aromatic rings. The molecule has 0 radical (unpaired) electrons. The van der Waals surface area contributed by atoms with Crippen LogP contribution < -0.4 is 10.6 Å². The van der Waals surface area contributed by atoms with Gasteiger partial charge in [0.05, 0.1) is 12.6 Å². The van der Waals surface area contributed by atoms with Gasteiger partial charge in [-0.05, 0) is 12.5 Å². The fourth-order valence-electron chi connectivity index (χ4n) is 1.87. The first-order chi connectivity index (χ1) is 8.27. The van der Waals surface area contributed by atoms with E-state index in [0.29, 0.717) is 13.2 Å². The summed E-state index contributed by atoms with van der Waals surface area (Å²) in [6.07, 6.45) is -0.366. The van der Waals surface area contributed by atoms with E-state index in [1.54, 1.807) is 0 Å².